The highest BCUT2D eigenvalue weighted by atomic mass is 16.5. The normalized spacial score (nSPS) is 22.0. The van der Waals surface area contributed by atoms with Crippen molar-refractivity contribution < 1.29 is 4.74 Å². The molecule has 0 amide bonds. The number of hydrogen-bond donors (Lipinski definition) is 1. The van der Waals surface area contributed by atoms with Crippen molar-refractivity contribution in [1.82, 2.24) is 19.7 Å². The molecule has 1 saturated heterocycles. The molecule has 3 rings (SSSR count). The average Bonchev–Trinajstić information content (AvgIpc) is 2.74. The van der Waals surface area contributed by atoms with Crippen molar-refractivity contribution in [1.29, 1.82) is 0 Å². The lowest BCUT2D eigenvalue weighted by molar-refractivity contribution is 0.0245. The lowest BCUT2D eigenvalue weighted by atomic mass is 10.2. The Morgan fingerprint density at radius 2 is 2.47 bits per heavy atom. The van der Waals surface area contributed by atoms with Gasteiger partial charge in [-0.1, -0.05) is 0 Å². The topological polar surface area (TPSA) is 51.5 Å². The summed E-state index contributed by atoms with van der Waals surface area (Å²) in [6.07, 6.45) is 7.37. The number of nitrogens with zero attached hydrogens (tertiary/aromatic N) is 3. The van der Waals surface area contributed by atoms with Crippen molar-refractivity contribution >= 4 is 5.65 Å². The SMILES string of the molecule is c1cn2c(C3CNCCO3)cnc2cn1. The zero-order chi connectivity index (χ0) is 10.1. The van der Waals surface area contributed by atoms with Crippen LogP contribution in [-0.4, -0.2) is 34.1 Å². The number of morpholine rings is 1. The monoisotopic (exact) mass is 204 g/mol. The van der Waals surface area contributed by atoms with Crippen LogP contribution in [0, 0.1) is 0 Å². The number of fused-ring (bicyclic) bond motifs is 1. The summed E-state index contributed by atoms with van der Waals surface area (Å²) in [6.45, 7) is 2.52. The molecule has 2 aromatic rings. The van der Waals surface area contributed by atoms with Gasteiger partial charge in [-0.15, -0.1) is 0 Å². The number of ether oxygens (including phenoxy) is 1. The third-order valence-electron chi connectivity index (χ3n) is 2.60. The summed E-state index contributed by atoms with van der Waals surface area (Å²) in [4.78, 5) is 8.32. The molecule has 0 aliphatic carbocycles. The lowest BCUT2D eigenvalue weighted by Gasteiger charge is -2.23. The van der Waals surface area contributed by atoms with Gasteiger partial charge in [0.05, 0.1) is 24.7 Å². The van der Waals surface area contributed by atoms with Crippen LogP contribution in [0.25, 0.3) is 5.65 Å². The van der Waals surface area contributed by atoms with Crippen molar-refractivity contribution in [3.63, 3.8) is 0 Å². The Morgan fingerprint density at radius 3 is 3.33 bits per heavy atom. The van der Waals surface area contributed by atoms with E-state index in [4.69, 9.17) is 4.74 Å². The standard InChI is InChI=1S/C10H12N4O/c1-3-14-8(5-13-10(14)7-11-1)9-6-12-2-4-15-9/h1,3,5,7,9,12H,2,4,6H2. The molecule has 5 heteroatoms. The molecule has 5 nitrogen and oxygen atoms in total. The molecule has 2 aromatic heterocycles. The van der Waals surface area contributed by atoms with Gasteiger partial charge in [-0.05, 0) is 0 Å². The van der Waals surface area contributed by atoms with Crippen LogP contribution in [0.3, 0.4) is 0 Å². The molecule has 1 aliphatic rings. The highest BCUT2D eigenvalue weighted by molar-refractivity contribution is 5.37. The largest absolute Gasteiger partial charge is 0.369 e. The van der Waals surface area contributed by atoms with Gasteiger partial charge in [-0.2, -0.15) is 0 Å². The van der Waals surface area contributed by atoms with E-state index in [1.54, 1.807) is 12.4 Å². The van der Waals surface area contributed by atoms with Gasteiger partial charge in [-0.25, -0.2) is 4.98 Å². The van der Waals surface area contributed by atoms with E-state index in [1.807, 2.05) is 16.8 Å². The first-order valence-corrected chi connectivity index (χ1v) is 5.04. The molecule has 1 unspecified atom stereocenters. The maximum absolute atomic E-state index is 5.69. The highest BCUT2D eigenvalue weighted by Crippen LogP contribution is 2.19. The number of aromatic nitrogens is 3. The molecule has 0 saturated carbocycles. The van der Waals surface area contributed by atoms with E-state index < -0.39 is 0 Å². The predicted octanol–water partition coefficient (Wildman–Crippen LogP) is 0.390. The molecule has 0 bridgehead atoms. The third kappa shape index (κ3) is 1.49. The maximum Gasteiger partial charge on any atom is 0.155 e. The Balaban J connectivity index is 2.02. The zero-order valence-electron chi connectivity index (χ0n) is 8.26. The summed E-state index contributed by atoms with van der Waals surface area (Å²) in [6, 6.07) is 0. The Hall–Kier alpha value is -1.46. The molecule has 0 radical (unpaired) electrons. The number of nitrogens with one attached hydrogen (secondary N) is 1. The van der Waals surface area contributed by atoms with Gasteiger partial charge < -0.3 is 10.1 Å². The van der Waals surface area contributed by atoms with Crippen LogP contribution in [0.4, 0.5) is 0 Å². The second kappa shape index (κ2) is 3.60. The first-order valence-electron chi connectivity index (χ1n) is 5.04. The van der Waals surface area contributed by atoms with Crippen LogP contribution in [0.15, 0.2) is 24.8 Å². The maximum atomic E-state index is 5.69. The summed E-state index contributed by atoms with van der Waals surface area (Å²) >= 11 is 0. The van der Waals surface area contributed by atoms with Gasteiger partial charge in [-0.3, -0.25) is 9.38 Å². The summed E-state index contributed by atoms with van der Waals surface area (Å²) in [5, 5.41) is 3.31. The van der Waals surface area contributed by atoms with E-state index in [9.17, 15) is 0 Å². The molecule has 1 fully saturated rings. The van der Waals surface area contributed by atoms with Crippen LogP contribution >= 0.6 is 0 Å². The lowest BCUT2D eigenvalue weighted by Crippen LogP contribution is -2.33. The zero-order valence-corrected chi connectivity index (χ0v) is 8.26. The Bertz CT molecular complexity index is 461. The quantitative estimate of drug-likeness (QED) is 0.730. The van der Waals surface area contributed by atoms with Gasteiger partial charge >= 0.3 is 0 Å². The van der Waals surface area contributed by atoms with Crippen LogP contribution in [0.5, 0.6) is 0 Å². The van der Waals surface area contributed by atoms with Crippen molar-refractivity contribution in [2.24, 2.45) is 0 Å². The number of hydrogen-bond acceptors (Lipinski definition) is 4. The molecular formula is C10H12N4O. The molecule has 1 atom stereocenters. The second-order valence-corrected chi connectivity index (χ2v) is 3.55. The summed E-state index contributed by atoms with van der Waals surface area (Å²) in [5.74, 6) is 0. The van der Waals surface area contributed by atoms with Crippen LogP contribution in [0.2, 0.25) is 0 Å². The first kappa shape index (κ1) is 8.82. The molecule has 78 valence electrons. The third-order valence-corrected chi connectivity index (χ3v) is 2.60. The summed E-state index contributed by atoms with van der Waals surface area (Å²) in [5.41, 5.74) is 1.95. The molecule has 0 aromatic carbocycles. The van der Waals surface area contributed by atoms with Gasteiger partial charge in [0.15, 0.2) is 5.65 Å². The van der Waals surface area contributed by atoms with E-state index in [2.05, 4.69) is 15.3 Å². The predicted molar refractivity (Wildman–Crippen MR) is 54.5 cm³/mol. The Kier molecular flexibility index (Phi) is 2.12. The summed E-state index contributed by atoms with van der Waals surface area (Å²) < 4.78 is 7.71. The smallest absolute Gasteiger partial charge is 0.155 e. The van der Waals surface area contributed by atoms with E-state index in [0.717, 1.165) is 31.0 Å². The van der Waals surface area contributed by atoms with Crippen LogP contribution in [0.1, 0.15) is 11.8 Å². The fourth-order valence-electron chi connectivity index (χ4n) is 1.86. The van der Waals surface area contributed by atoms with Crippen LogP contribution in [-0.2, 0) is 4.74 Å². The Labute approximate surface area is 87.1 Å². The molecule has 15 heavy (non-hydrogen) atoms. The summed E-state index contributed by atoms with van der Waals surface area (Å²) in [7, 11) is 0. The van der Waals surface area contributed by atoms with Crippen molar-refractivity contribution in [2.45, 2.75) is 6.10 Å². The average molecular weight is 204 g/mol. The van der Waals surface area contributed by atoms with Crippen molar-refractivity contribution in [3.05, 3.63) is 30.5 Å². The van der Waals surface area contributed by atoms with Crippen molar-refractivity contribution in [2.75, 3.05) is 19.7 Å². The van der Waals surface area contributed by atoms with E-state index >= 15 is 0 Å². The van der Waals surface area contributed by atoms with E-state index in [0.29, 0.717) is 0 Å². The van der Waals surface area contributed by atoms with E-state index in [1.165, 1.54) is 0 Å². The van der Waals surface area contributed by atoms with Gasteiger partial charge in [0.25, 0.3) is 0 Å². The number of imidazole rings is 1. The second-order valence-electron chi connectivity index (χ2n) is 3.55. The molecule has 1 aliphatic heterocycles. The highest BCUT2D eigenvalue weighted by Gasteiger charge is 2.19. The first-order chi connectivity index (χ1) is 7.45. The molecule has 3 heterocycles. The number of rotatable bonds is 1. The molecule has 1 N–H and O–H groups in total. The van der Waals surface area contributed by atoms with Gasteiger partial charge in [0, 0.05) is 25.5 Å². The van der Waals surface area contributed by atoms with E-state index in [-0.39, 0.29) is 6.10 Å². The molecule has 0 spiro atoms. The van der Waals surface area contributed by atoms with Crippen LogP contribution < -0.4 is 5.32 Å². The minimum absolute atomic E-state index is 0.0937. The fourth-order valence-corrected chi connectivity index (χ4v) is 1.86. The molecular weight excluding hydrogens is 192 g/mol. The van der Waals surface area contributed by atoms with Crippen molar-refractivity contribution in [3.8, 4) is 0 Å². The fraction of sp³-hybridized carbons (Fsp3) is 0.400. The minimum atomic E-state index is 0.0937. The minimum Gasteiger partial charge on any atom is -0.369 e. The Morgan fingerprint density at radius 1 is 1.47 bits per heavy atom. The van der Waals surface area contributed by atoms with Gasteiger partial charge in [0.2, 0.25) is 0 Å². The van der Waals surface area contributed by atoms with Gasteiger partial charge in [0.1, 0.15) is 6.10 Å².